The van der Waals surface area contributed by atoms with E-state index in [1.165, 1.54) is 71.5 Å². The first-order valence-electron chi connectivity index (χ1n) is 7.85. The fourth-order valence-corrected chi connectivity index (χ4v) is 3.15. The maximum atomic E-state index is 3.67. The summed E-state index contributed by atoms with van der Waals surface area (Å²) in [4.78, 5) is 5.02. The van der Waals surface area contributed by atoms with Crippen LogP contribution in [0.4, 0.5) is 0 Å². The predicted molar refractivity (Wildman–Crippen MR) is 77.9 cm³/mol. The van der Waals surface area contributed by atoms with Crippen LogP contribution in [0.3, 0.4) is 0 Å². The minimum atomic E-state index is 0.952. The third-order valence-corrected chi connectivity index (χ3v) is 4.77. The van der Waals surface area contributed by atoms with Crippen molar-refractivity contribution in [3.05, 3.63) is 0 Å². The topological polar surface area (TPSA) is 18.5 Å². The number of rotatable bonds is 5. The van der Waals surface area contributed by atoms with Gasteiger partial charge >= 0.3 is 0 Å². The van der Waals surface area contributed by atoms with Crippen molar-refractivity contribution >= 4 is 0 Å². The Morgan fingerprint density at radius 1 is 1.00 bits per heavy atom. The molecule has 1 heterocycles. The Morgan fingerprint density at radius 2 is 1.67 bits per heavy atom. The molecule has 2 rings (SSSR count). The van der Waals surface area contributed by atoms with Crippen molar-refractivity contribution in [3.63, 3.8) is 0 Å². The number of hydrogen-bond donors (Lipinski definition) is 1. The lowest BCUT2D eigenvalue weighted by Gasteiger charge is -2.32. The van der Waals surface area contributed by atoms with E-state index in [0.717, 1.165) is 11.8 Å². The second kappa shape index (κ2) is 7.46. The summed E-state index contributed by atoms with van der Waals surface area (Å²) < 4.78 is 0. The van der Waals surface area contributed by atoms with Gasteiger partial charge in [-0.05, 0) is 38.3 Å². The van der Waals surface area contributed by atoms with Gasteiger partial charge in [-0.25, -0.2) is 0 Å². The molecule has 1 saturated carbocycles. The third-order valence-electron chi connectivity index (χ3n) is 4.77. The molecule has 0 aromatic heterocycles. The molecule has 0 aromatic carbocycles. The first kappa shape index (κ1) is 14.3. The SMILES string of the molecule is CC1CCC(CNCCN2CCN(C)CC2)CC1. The molecule has 0 aromatic rings. The molecule has 2 aliphatic rings. The lowest BCUT2D eigenvalue weighted by atomic mass is 9.83. The van der Waals surface area contributed by atoms with E-state index in [0.29, 0.717) is 0 Å². The molecule has 1 saturated heterocycles. The summed E-state index contributed by atoms with van der Waals surface area (Å²) in [7, 11) is 2.22. The van der Waals surface area contributed by atoms with Gasteiger partial charge < -0.3 is 10.2 Å². The van der Waals surface area contributed by atoms with Crippen molar-refractivity contribution in [3.8, 4) is 0 Å². The molecule has 3 nitrogen and oxygen atoms in total. The van der Waals surface area contributed by atoms with Gasteiger partial charge in [0, 0.05) is 39.3 Å². The quantitative estimate of drug-likeness (QED) is 0.752. The summed E-state index contributed by atoms with van der Waals surface area (Å²) in [5, 5.41) is 3.67. The summed E-state index contributed by atoms with van der Waals surface area (Å²) in [6, 6.07) is 0. The Bertz CT molecular complexity index is 192. The summed E-state index contributed by atoms with van der Waals surface area (Å²) in [5.74, 6) is 1.93. The average Bonchev–Trinajstić information content (AvgIpc) is 2.39. The highest BCUT2D eigenvalue weighted by Crippen LogP contribution is 2.27. The lowest BCUT2D eigenvalue weighted by molar-refractivity contribution is 0.153. The third kappa shape index (κ3) is 4.87. The fourth-order valence-electron chi connectivity index (χ4n) is 3.15. The zero-order chi connectivity index (χ0) is 12.8. The predicted octanol–water partition coefficient (Wildman–Crippen LogP) is 1.65. The smallest absolute Gasteiger partial charge is 0.0110 e. The zero-order valence-electron chi connectivity index (χ0n) is 12.3. The Hall–Kier alpha value is -0.120. The van der Waals surface area contributed by atoms with Gasteiger partial charge in [-0.1, -0.05) is 19.8 Å². The van der Waals surface area contributed by atoms with Gasteiger partial charge in [0.15, 0.2) is 0 Å². The van der Waals surface area contributed by atoms with Gasteiger partial charge in [0.25, 0.3) is 0 Å². The summed E-state index contributed by atoms with van der Waals surface area (Å²) in [5.41, 5.74) is 0. The summed E-state index contributed by atoms with van der Waals surface area (Å²) in [6.07, 6.45) is 5.79. The highest BCUT2D eigenvalue weighted by molar-refractivity contribution is 4.73. The highest BCUT2D eigenvalue weighted by atomic mass is 15.2. The van der Waals surface area contributed by atoms with Crippen LogP contribution in [-0.2, 0) is 0 Å². The average molecular weight is 253 g/mol. The van der Waals surface area contributed by atoms with E-state index in [-0.39, 0.29) is 0 Å². The van der Waals surface area contributed by atoms with Gasteiger partial charge in [-0.3, -0.25) is 4.90 Å². The fraction of sp³-hybridized carbons (Fsp3) is 1.00. The number of likely N-dealkylation sites (N-methyl/N-ethyl adjacent to an activating group) is 1. The minimum absolute atomic E-state index is 0.952. The van der Waals surface area contributed by atoms with Crippen molar-refractivity contribution in [2.45, 2.75) is 32.6 Å². The first-order chi connectivity index (χ1) is 8.74. The lowest BCUT2D eigenvalue weighted by Crippen LogP contribution is -2.46. The van der Waals surface area contributed by atoms with E-state index in [4.69, 9.17) is 0 Å². The second-order valence-corrected chi connectivity index (χ2v) is 6.47. The largest absolute Gasteiger partial charge is 0.315 e. The Labute approximate surface area is 113 Å². The molecule has 0 bridgehead atoms. The van der Waals surface area contributed by atoms with Crippen LogP contribution in [0.5, 0.6) is 0 Å². The maximum absolute atomic E-state index is 3.67. The van der Waals surface area contributed by atoms with Crippen molar-refractivity contribution in [2.75, 3.05) is 52.9 Å². The molecule has 0 unspecified atom stereocenters. The number of nitrogens with zero attached hydrogens (tertiary/aromatic N) is 2. The Morgan fingerprint density at radius 3 is 2.33 bits per heavy atom. The van der Waals surface area contributed by atoms with E-state index in [1.807, 2.05) is 0 Å². The molecule has 0 atom stereocenters. The summed E-state index contributed by atoms with van der Waals surface area (Å²) in [6.45, 7) is 11.0. The van der Waals surface area contributed by atoms with Crippen LogP contribution in [0.25, 0.3) is 0 Å². The molecular formula is C15H31N3. The van der Waals surface area contributed by atoms with Crippen molar-refractivity contribution < 1.29 is 0 Å². The second-order valence-electron chi connectivity index (χ2n) is 6.47. The maximum Gasteiger partial charge on any atom is 0.0110 e. The molecule has 1 aliphatic carbocycles. The number of piperazine rings is 1. The van der Waals surface area contributed by atoms with E-state index >= 15 is 0 Å². The van der Waals surface area contributed by atoms with Crippen LogP contribution < -0.4 is 5.32 Å². The van der Waals surface area contributed by atoms with Gasteiger partial charge in [-0.2, -0.15) is 0 Å². The van der Waals surface area contributed by atoms with Crippen molar-refractivity contribution in [1.29, 1.82) is 0 Å². The van der Waals surface area contributed by atoms with Crippen molar-refractivity contribution in [1.82, 2.24) is 15.1 Å². The van der Waals surface area contributed by atoms with Crippen molar-refractivity contribution in [2.24, 2.45) is 11.8 Å². The Kier molecular flexibility index (Phi) is 5.93. The molecule has 0 spiro atoms. The van der Waals surface area contributed by atoms with E-state index < -0.39 is 0 Å². The molecule has 0 amide bonds. The van der Waals surface area contributed by atoms with E-state index in [9.17, 15) is 0 Å². The summed E-state index contributed by atoms with van der Waals surface area (Å²) >= 11 is 0. The van der Waals surface area contributed by atoms with E-state index in [1.54, 1.807) is 0 Å². The first-order valence-corrected chi connectivity index (χ1v) is 7.85. The van der Waals surface area contributed by atoms with Gasteiger partial charge in [-0.15, -0.1) is 0 Å². The van der Waals surface area contributed by atoms with Crippen LogP contribution >= 0.6 is 0 Å². The zero-order valence-corrected chi connectivity index (χ0v) is 12.3. The molecular weight excluding hydrogens is 222 g/mol. The molecule has 1 aliphatic heterocycles. The Balaban J connectivity index is 1.48. The molecule has 106 valence electrons. The van der Waals surface area contributed by atoms with Crippen LogP contribution in [0.15, 0.2) is 0 Å². The number of nitrogens with one attached hydrogen (secondary N) is 1. The molecule has 3 heteroatoms. The molecule has 1 N–H and O–H groups in total. The standard InChI is InChI=1S/C15H31N3/c1-14-3-5-15(6-4-14)13-16-7-8-18-11-9-17(2)10-12-18/h14-16H,3-13H2,1-2H3. The van der Waals surface area contributed by atoms with Crippen LogP contribution in [0.1, 0.15) is 32.6 Å². The van der Waals surface area contributed by atoms with E-state index in [2.05, 4.69) is 29.1 Å². The molecule has 0 radical (unpaired) electrons. The normalized spacial score (nSPS) is 31.7. The van der Waals surface area contributed by atoms with Crippen LogP contribution in [0.2, 0.25) is 0 Å². The van der Waals surface area contributed by atoms with Crippen LogP contribution in [0, 0.1) is 11.8 Å². The molecule has 2 fully saturated rings. The molecule has 18 heavy (non-hydrogen) atoms. The minimum Gasteiger partial charge on any atom is -0.315 e. The van der Waals surface area contributed by atoms with Gasteiger partial charge in [0.05, 0.1) is 0 Å². The highest BCUT2D eigenvalue weighted by Gasteiger charge is 2.18. The number of hydrogen-bond acceptors (Lipinski definition) is 3. The van der Waals surface area contributed by atoms with Gasteiger partial charge in [0.2, 0.25) is 0 Å². The van der Waals surface area contributed by atoms with Crippen LogP contribution in [-0.4, -0.2) is 62.7 Å². The monoisotopic (exact) mass is 253 g/mol. The van der Waals surface area contributed by atoms with Gasteiger partial charge in [0.1, 0.15) is 0 Å².